The van der Waals surface area contributed by atoms with Gasteiger partial charge < -0.3 is 30.5 Å². The fraction of sp³-hybridized carbons (Fsp3) is 0.583. The molecule has 0 radical (unpaired) electrons. The molecule has 2 aromatic heterocycles. The van der Waals surface area contributed by atoms with Crippen molar-refractivity contribution in [2.24, 2.45) is 0 Å². The molecule has 3 rings (SSSR count). The molecule has 0 amide bonds. The van der Waals surface area contributed by atoms with Gasteiger partial charge in [0.25, 0.3) is 0 Å². The molecule has 138 valence electrons. The lowest BCUT2D eigenvalue weighted by Crippen LogP contribution is -2.46. The van der Waals surface area contributed by atoms with Gasteiger partial charge in [0.2, 0.25) is 0 Å². The summed E-state index contributed by atoms with van der Waals surface area (Å²) >= 11 is 0. The number of aliphatic hydroxyl groups excluding tert-OH is 2. The van der Waals surface area contributed by atoms with Gasteiger partial charge in [0.05, 0.1) is 6.33 Å². The second-order valence-corrected chi connectivity index (χ2v) is 7.36. The van der Waals surface area contributed by atoms with Gasteiger partial charge in [-0.1, -0.05) is 0 Å². The summed E-state index contributed by atoms with van der Waals surface area (Å²) in [5.74, 6) is 0.137. The molecular weight excluding hydrogens is 357 g/mol. The Kier molecular flexibility index (Phi) is 4.32. The van der Waals surface area contributed by atoms with E-state index >= 15 is 0 Å². The van der Waals surface area contributed by atoms with E-state index in [1.54, 1.807) is 0 Å². The molecule has 13 heteroatoms. The third-order valence-corrected chi connectivity index (χ3v) is 4.65. The first kappa shape index (κ1) is 18.1. The minimum Gasteiger partial charge on any atom is -0.387 e. The van der Waals surface area contributed by atoms with E-state index in [2.05, 4.69) is 15.0 Å². The number of hydrogen-bond acceptors (Lipinski definition) is 9. The summed E-state index contributed by atoms with van der Waals surface area (Å²) in [6, 6.07) is 0. The number of rotatable bonds is 4. The number of fused-ring (bicyclic) bond motifs is 1. The van der Waals surface area contributed by atoms with Gasteiger partial charge in [-0.2, -0.15) is 0 Å². The summed E-state index contributed by atoms with van der Waals surface area (Å²) in [5.41, 5.74) is 4.69. The zero-order chi connectivity index (χ0) is 18.6. The van der Waals surface area contributed by atoms with Gasteiger partial charge in [0, 0.05) is 0 Å². The van der Waals surface area contributed by atoms with E-state index in [-0.39, 0.29) is 11.5 Å². The monoisotopic (exact) mass is 375 g/mol. The topological polar surface area (TPSA) is 186 Å². The molecule has 4 atom stereocenters. The molecule has 6 N–H and O–H groups in total. The summed E-state index contributed by atoms with van der Waals surface area (Å²) in [5, 5.41) is 20.6. The van der Waals surface area contributed by atoms with Crippen molar-refractivity contribution in [1.29, 1.82) is 0 Å². The number of aliphatic hydroxyl groups is 2. The average Bonchev–Trinajstić information content (AvgIpc) is 3.01. The Labute approximate surface area is 141 Å². The minimum atomic E-state index is -4.84. The Morgan fingerprint density at radius 3 is 2.60 bits per heavy atom. The van der Waals surface area contributed by atoms with Gasteiger partial charge in [-0.3, -0.25) is 9.09 Å². The molecule has 1 aliphatic heterocycles. The normalized spacial score (nSPS) is 27.9. The molecule has 0 bridgehead atoms. The molecular formula is C12H18N5O7P. The molecule has 2 aromatic rings. The first-order valence-corrected chi connectivity index (χ1v) is 8.75. The predicted molar refractivity (Wildman–Crippen MR) is 82.9 cm³/mol. The number of ether oxygens (including phenoxy) is 1. The Bertz CT molecular complexity index is 836. The molecule has 0 aromatic carbocycles. The smallest absolute Gasteiger partial charge is 0.387 e. The van der Waals surface area contributed by atoms with Crippen molar-refractivity contribution in [1.82, 2.24) is 19.5 Å². The quantitative estimate of drug-likeness (QED) is 0.409. The standard InChI is InChI=1S/C12H18N5O7P/c1-12(2,24-25(20,21)22)8-6(18)7(19)11(23-8)17-4-16-5-9(13)14-3-15-10(5)17/h3-4,6-8,11,18-19H,1-2H3,(H2,13,14,15)(H2,20,21,22)/t6-,7+,8-,11+/m0/s1. The molecule has 25 heavy (non-hydrogen) atoms. The molecule has 0 saturated carbocycles. The van der Waals surface area contributed by atoms with Crippen LogP contribution in [0.4, 0.5) is 5.82 Å². The Hall–Kier alpha value is -1.66. The van der Waals surface area contributed by atoms with Crippen molar-refractivity contribution in [3.05, 3.63) is 12.7 Å². The maximum Gasteiger partial charge on any atom is 0.470 e. The Morgan fingerprint density at radius 2 is 1.96 bits per heavy atom. The molecule has 0 unspecified atom stereocenters. The van der Waals surface area contributed by atoms with Crippen LogP contribution in [-0.2, 0) is 13.8 Å². The van der Waals surface area contributed by atoms with Gasteiger partial charge in [0.1, 0.15) is 35.8 Å². The molecule has 1 saturated heterocycles. The van der Waals surface area contributed by atoms with Gasteiger partial charge in [-0.05, 0) is 13.8 Å². The van der Waals surface area contributed by atoms with E-state index in [0.717, 1.165) is 0 Å². The van der Waals surface area contributed by atoms with Crippen LogP contribution in [0.1, 0.15) is 20.1 Å². The number of nitrogens with zero attached hydrogens (tertiary/aromatic N) is 4. The minimum absolute atomic E-state index is 0.137. The number of imidazole rings is 1. The van der Waals surface area contributed by atoms with Crippen molar-refractivity contribution in [3.63, 3.8) is 0 Å². The average molecular weight is 375 g/mol. The summed E-state index contributed by atoms with van der Waals surface area (Å²) in [6.07, 6.45) is -2.70. The number of anilines is 1. The van der Waals surface area contributed by atoms with Crippen LogP contribution in [0.5, 0.6) is 0 Å². The number of nitrogens with two attached hydrogens (primary N) is 1. The highest BCUT2D eigenvalue weighted by Crippen LogP contribution is 2.46. The number of phosphoric acid groups is 1. The molecule has 1 fully saturated rings. The highest BCUT2D eigenvalue weighted by atomic mass is 31.2. The van der Waals surface area contributed by atoms with Gasteiger partial charge in [-0.25, -0.2) is 19.5 Å². The summed E-state index contributed by atoms with van der Waals surface area (Å²) < 4.78 is 22.8. The number of hydrogen-bond donors (Lipinski definition) is 5. The van der Waals surface area contributed by atoms with Crippen LogP contribution in [-0.4, -0.2) is 63.4 Å². The number of phosphoric ester groups is 1. The van der Waals surface area contributed by atoms with Crippen LogP contribution >= 0.6 is 7.82 Å². The van der Waals surface area contributed by atoms with Crippen molar-refractivity contribution in [3.8, 4) is 0 Å². The van der Waals surface area contributed by atoms with Crippen LogP contribution in [0.3, 0.4) is 0 Å². The van der Waals surface area contributed by atoms with Crippen LogP contribution in [0.25, 0.3) is 11.2 Å². The SMILES string of the molecule is CC(C)(OP(=O)(O)O)[C@H]1O[C@@H](n2cnc3c(N)ncnc32)[C@H](O)[C@@H]1O. The first-order valence-electron chi connectivity index (χ1n) is 7.22. The summed E-state index contributed by atoms with van der Waals surface area (Å²) in [7, 11) is -4.84. The van der Waals surface area contributed by atoms with Gasteiger partial charge in [-0.15, -0.1) is 0 Å². The fourth-order valence-electron chi connectivity index (χ4n) is 2.88. The lowest BCUT2D eigenvalue weighted by Gasteiger charge is -2.32. The number of nitrogen functional groups attached to an aromatic ring is 1. The second-order valence-electron chi connectivity index (χ2n) is 6.20. The fourth-order valence-corrected chi connectivity index (χ4v) is 3.60. The number of aromatic nitrogens is 4. The highest BCUT2D eigenvalue weighted by Gasteiger charge is 2.53. The van der Waals surface area contributed by atoms with Crippen LogP contribution < -0.4 is 5.73 Å². The molecule has 12 nitrogen and oxygen atoms in total. The van der Waals surface area contributed by atoms with E-state index in [4.69, 9.17) is 24.8 Å². The van der Waals surface area contributed by atoms with Crippen molar-refractivity contribution < 1.29 is 33.8 Å². The largest absolute Gasteiger partial charge is 0.470 e. The van der Waals surface area contributed by atoms with Crippen molar-refractivity contribution >= 4 is 24.8 Å². The molecule has 3 heterocycles. The molecule has 1 aliphatic rings. The lowest BCUT2D eigenvalue weighted by molar-refractivity contribution is -0.118. The van der Waals surface area contributed by atoms with Crippen LogP contribution in [0.2, 0.25) is 0 Å². The molecule has 0 spiro atoms. The third-order valence-electron chi connectivity index (χ3n) is 3.94. The lowest BCUT2D eigenvalue weighted by atomic mass is 9.96. The maximum absolute atomic E-state index is 11.1. The zero-order valence-electron chi connectivity index (χ0n) is 13.3. The Balaban J connectivity index is 1.94. The Morgan fingerprint density at radius 1 is 1.28 bits per heavy atom. The second kappa shape index (κ2) is 5.95. The summed E-state index contributed by atoms with van der Waals surface area (Å²) in [6.45, 7) is 2.67. The molecule has 0 aliphatic carbocycles. The van der Waals surface area contributed by atoms with Gasteiger partial charge in [0.15, 0.2) is 17.7 Å². The zero-order valence-corrected chi connectivity index (χ0v) is 14.2. The van der Waals surface area contributed by atoms with Crippen molar-refractivity contribution in [2.45, 2.75) is 44.0 Å². The van der Waals surface area contributed by atoms with E-state index in [0.29, 0.717) is 5.52 Å². The van der Waals surface area contributed by atoms with E-state index in [9.17, 15) is 14.8 Å². The summed E-state index contributed by atoms with van der Waals surface area (Å²) in [4.78, 5) is 30.0. The first-order chi connectivity index (χ1) is 11.5. The van der Waals surface area contributed by atoms with E-state index in [1.807, 2.05) is 0 Å². The third kappa shape index (κ3) is 3.25. The highest BCUT2D eigenvalue weighted by molar-refractivity contribution is 7.46. The van der Waals surface area contributed by atoms with E-state index in [1.165, 1.54) is 31.1 Å². The van der Waals surface area contributed by atoms with Crippen LogP contribution in [0, 0.1) is 0 Å². The van der Waals surface area contributed by atoms with Crippen LogP contribution in [0.15, 0.2) is 12.7 Å². The van der Waals surface area contributed by atoms with Crippen molar-refractivity contribution in [2.75, 3.05) is 5.73 Å². The van der Waals surface area contributed by atoms with E-state index < -0.39 is 38.0 Å². The van der Waals surface area contributed by atoms with Gasteiger partial charge >= 0.3 is 7.82 Å². The maximum atomic E-state index is 11.1. The predicted octanol–water partition coefficient (Wildman–Crippen LogP) is -1.08.